The Kier molecular flexibility index (Phi) is 4.85. The van der Waals surface area contributed by atoms with Crippen LogP contribution in [0.3, 0.4) is 0 Å². The molecule has 1 aromatic heterocycles. The lowest BCUT2D eigenvalue weighted by molar-refractivity contribution is -0.0549. The number of methoxy groups -OCH3 is 1. The molecule has 0 aromatic carbocycles. The van der Waals surface area contributed by atoms with Crippen molar-refractivity contribution < 1.29 is 9.13 Å². The van der Waals surface area contributed by atoms with Gasteiger partial charge in [0.15, 0.2) is 0 Å². The Bertz CT molecular complexity index is 405. The Labute approximate surface area is 113 Å². The fourth-order valence-electron chi connectivity index (χ4n) is 3.08. The zero-order valence-electron chi connectivity index (χ0n) is 11.4. The van der Waals surface area contributed by atoms with Gasteiger partial charge in [-0.3, -0.25) is 10.8 Å². The summed E-state index contributed by atoms with van der Waals surface area (Å²) in [4.78, 5) is 3.79. The molecule has 1 unspecified atom stereocenters. The second-order valence-electron chi connectivity index (χ2n) is 5.18. The van der Waals surface area contributed by atoms with E-state index in [2.05, 4.69) is 10.4 Å². The Morgan fingerprint density at radius 2 is 2.05 bits per heavy atom. The predicted molar refractivity (Wildman–Crippen MR) is 71.7 cm³/mol. The van der Waals surface area contributed by atoms with Gasteiger partial charge in [-0.2, -0.15) is 0 Å². The van der Waals surface area contributed by atoms with Crippen LogP contribution in [-0.4, -0.2) is 17.7 Å². The summed E-state index contributed by atoms with van der Waals surface area (Å²) in [5.41, 5.74) is 2.85. The number of nitrogens with zero attached hydrogens (tertiary/aromatic N) is 1. The summed E-state index contributed by atoms with van der Waals surface area (Å²) in [6.45, 7) is 0. The van der Waals surface area contributed by atoms with E-state index in [1.165, 1.54) is 19.0 Å². The molecule has 106 valence electrons. The number of aromatic nitrogens is 1. The summed E-state index contributed by atoms with van der Waals surface area (Å²) in [6, 6.07) is 1.32. The topological polar surface area (TPSA) is 60.2 Å². The van der Waals surface area contributed by atoms with Crippen molar-refractivity contribution in [3.8, 4) is 0 Å². The molecule has 1 aromatic rings. The van der Waals surface area contributed by atoms with Crippen molar-refractivity contribution in [2.24, 2.45) is 5.84 Å². The van der Waals surface area contributed by atoms with Crippen molar-refractivity contribution in [3.05, 3.63) is 29.8 Å². The number of hydrogen-bond donors (Lipinski definition) is 2. The Morgan fingerprint density at radius 3 is 2.58 bits per heavy atom. The maximum Gasteiger partial charge on any atom is 0.146 e. The van der Waals surface area contributed by atoms with Crippen LogP contribution in [-0.2, 0) is 4.74 Å². The van der Waals surface area contributed by atoms with Crippen LogP contribution in [0.25, 0.3) is 0 Å². The van der Waals surface area contributed by atoms with E-state index in [9.17, 15) is 4.39 Å². The van der Waals surface area contributed by atoms with E-state index in [1.807, 2.05) is 0 Å². The molecule has 0 spiro atoms. The lowest BCUT2D eigenvalue weighted by Crippen LogP contribution is -2.48. The van der Waals surface area contributed by atoms with E-state index in [-0.39, 0.29) is 11.9 Å². The van der Waals surface area contributed by atoms with Crippen LogP contribution in [0.2, 0.25) is 0 Å². The van der Waals surface area contributed by atoms with Gasteiger partial charge in [0.2, 0.25) is 0 Å². The average molecular weight is 267 g/mol. The Hall–Kier alpha value is -1.04. The van der Waals surface area contributed by atoms with Gasteiger partial charge in [-0.05, 0) is 18.9 Å². The fraction of sp³-hybridized carbons (Fsp3) is 0.643. The van der Waals surface area contributed by atoms with Gasteiger partial charge in [0.25, 0.3) is 0 Å². The number of halogens is 1. The first-order valence-corrected chi connectivity index (χ1v) is 6.84. The zero-order chi connectivity index (χ0) is 13.7. The number of rotatable bonds is 4. The fourth-order valence-corrected chi connectivity index (χ4v) is 3.08. The summed E-state index contributed by atoms with van der Waals surface area (Å²) in [5.74, 6) is 5.36. The van der Waals surface area contributed by atoms with Crippen LogP contribution in [0, 0.1) is 5.82 Å². The van der Waals surface area contributed by atoms with Crippen molar-refractivity contribution in [2.45, 2.75) is 50.2 Å². The van der Waals surface area contributed by atoms with Crippen LogP contribution in [0.4, 0.5) is 4.39 Å². The highest BCUT2D eigenvalue weighted by molar-refractivity contribution is 5.21. The molecule has 0 aliphatic heterocycles. The standard InChI is InChI=1S/C14H22FN3O/c1-19-14(7-4-2-3-5-8-14)13(18-16)11-6-9-17-10-12(11)15/h6,9-10,13,18H,2-5,7-8,16H2,1H3. The van der Waals surface area contributed by atoms with Crippen LogP contribution in [0.5, 0.6) is 0 Å². The molecule has 5 heteroatoms. The smallest absolute Gasteiger partial charge is 0.146 e. The molecule has 4 nitrogen and oxygen atoms in total. The molecular weight excluding hydrogens is 245 g/mol. The SMILES string of the molecule is COC1(C(NN)c2ccncc2F)CCCCCC1. The van der Waals surface area contributed by atoms with Crippen LogP contribution >= 0.6 is 0 Å². The number of pyridine rings is 1. The molecule has 2 rings (SSSR count). The third-order valence-corrected chi connectivity index (χ3v) is 4.16. The molecule has 1 aliphatic rings. The maximum absolute atomic E-state index is 14.0. The largest absolute Gasteiger partial charge is 0.376 e. The minimum atomic E-state index is -0.437. The third-order valence-electron chi connectivity index (χ3n) is 4.16. The molecule has 1 saturated carbocycles. The second-order valence-corrected chi connectivity index (χ2v) is 5.18. The Morgan fingerprint density at radius 1 is 1.37 bits per heavy atom. The van der Waals surface area contributed by atoms with Gasteiger partial charge in [0.05, 0.1) is 17.8 Å². The summed E-state index contributed by atoms with van der Waals surface area (Å²) in [7, 11) is 1.69. The second kappa shape index (κ2) is 6.41. The quantitative estimate of drug-likeness (QED) is 0.500. The first kappa shape index (κ1) is 14.4. The summed E-state index contributed by atoms with van der Waals surface area (Å²) in [6.07, 6.45) is 9.14. The molecule has 0 bridgehead atoms. The number of hydrogen-bond acceptors (Lipinski definition) is 4. The number of nitrogens with two attached hydrogens (primary N) is 1. The molecule has 1 fully saturated rings. The molecule has 0 radical (unpaired) electrons. The highest BCUT2D eigenvalue weighted by atomic mass is 19.1. The third kappa shape index (κ3) is 2.94. The monoisotopic (exact) mass is 267 g/mol. The van der Waals surface area contributed by atoms with E-state index < -0.39 is 5.60 Å². The molecule has 19 heavy (non-hydrogen) atoms. The normalized spacial score (nSPS) is 20.8. The van der Waals surface area contributed by atoms with Gasteiger partial charge in [0.1, 0.15) is 5.82 Å². The van der Waals surface area contributed by atoms with Gasteiger partial charge in [-0.15, -0.1) is 0 Å². The molecular formula is C14H22FN3O. The van der Waals surface area contributed by atoms with Crippen molar-refractivity contribution >= 4 is 0 Å². The lowest BCUT2D eigenvalue weighted by Gasteiger charge is -2.39. The van der Waals surface area contributed by atoms with Gasteiger partial charge in [0, 0.05) is 18.9 Å². The van der Waals surface area contributed by atoms with Crippen molar-refractivity contribution in [2.75, 3.05) is 7.11 Å². The van der Waals surface area contributed by atoms with Gasteiger partial charge < -0.3 is 4.74 Å². The van der Waals surface area contributed by atoms with Crippen molar-refractivity contribution in [3.63, 3.8) is 0 Å². The predicted octanol–water partition coefficient (Wildman–Crippen LogP) is 2.46. The van der Waals surface area contributed by atoms with E-state index in [1.54, 1.807) is 19.4 Å². The molecule has 0 saturated heterocycles. The van der Waals surface area contributed by atoms with E-state index in [0.29, 0.717) is 5.56 Å². The highest BCUT2D eigenvalue weighted by Gasteiger charge is 2.40. The molecule has 1 aliphatic carbocycles. The van der Waals surface area contributed by atoms with E-state index in [0.717, 1.165) is 25.7 Å². The summed E-state index contributed by atoms with van der Waals surface area (Å²) < 4.78 is 19.8. The molecule has 3 N–H and O–H groups in total. The van der Waals surface area contributed by atoms with E-state index >= 15 is 0 Å². The Balaban J connectivity index is 2.35. The first-order valence-electron chi connectivity index (χ1n) is 6.84. The minimum Gasteiger partial charge on any atom is -0.376 e. The number of hydrazine groups is 1. The van der Waals surface area contributed by atoms with Gasteiger partial charge in [-0.1, -0.05) is 25.7 Å². The van der Waals surface area contributed by atoms with Gasteiger partial charge >= 0.3 is 0 Å². The maximum atomic E-state index is 14.0. The molecule has 0 amide bonds. The van der Waals surface area contributed by atoms with Crippen LogP contribution < -0.4 is 11.3 Å². The summed E-state index contributed by atoms with van der Waals surface area (Å²) >= 11 is 0. The van der Waals surface area contributed by atoms with Gasteiger partial charge in [-0.25, -0.2) is 9.82 Å². The summed E-state index contributed by atoms with van der Waals surface area (Å²) in [5, 5.41) is 0. The zero-order valence-corrected chi connectivity index (χ0v) is 11.4. The van der Waals surface area contributed by atoms with Crippen molar-refractivity contribution in [1.29, 1.82) is 0 Å². The molecule has 1 atom stereocenters. The molecule has 1 heterocycles. The van der Waals surface area contributed by atoms with Crippen LogP contribution in [0.1, 0.15) is 50.1 Å². The average Bonchev–Trinajstić information content (AvgIpc) is 2.68. The number of ether oxygens (including phenoxy) is 1. The number of nitrogens with one attached hydrogen (secondary N) is 1. The van der Waals surface area contributed by atoms with Crippen LogP contribution in [0.15, 0.2) is 18.5 Å². The van der Waals surface area contributed by atoms with Crippen molar-refractivity contribution in [1.82, 2.24) is 10.4 Å². The highest BCUT2D eigenvalue weighted by Crippen LogP contribution is 2.40. The minimum absolute atomic E-state index is 0.342. The lowest BCUT2D eigenvalue weighted by atomic mass is 9.82. The first-order chi connectivity index (χ1) is 9.23. The van der Waals surface area contributed by atoms with E-state index in [4.69, 9.17) is 10.6 Å².